The predicted molar refractivity (Wildman–Crippen MR) is 87.5 cm³/mol. The largest absolute Gasteiger partial charge is 0.375 e. The van der Waals surface area contributed by atoms with E-state index < -0.39 is 0 Å². The quantitative estimate of drug-likeness (QED) is 0.518. The fourth-order valence-electron chi connectivity index (χ4n) is 2.27. The van der Waals surface area contributed by atoms with Crippen LogP contribution in [-0.2, 0) is 0 Å². The fraction of sp³-hybridized carbons (Fsp3) is 0.200. The summed E-state index contributed by atoms with van der Waals surface area (Å²) >= 11 is 4.72. The van der Waals surface area contributed by atoms with Crippen molar-refractivity contribution in [2.24, 2.45) is 10.8 Å². The van der Waals surface area contributed by atoms with Gasteiger partial charge in [-0.3, -0.25) is 5.43 Å². The molecule has 3 N–H and O–H groups in total. The second-order valence-corrected chi connectivity index (χ2v) is 5.12. The second-order valence-electron chi connectivity index (χ2n) is 4.68. The normalized spacial score (nSPS) is 10.9. The van der Waals surface area contributed by atoms with Gasteiger partial charge in [0.25, 0.3) is 0 Å². The lowest BCUT2D eigenvalue weighted by Gasteiger charge is -2.12. The van der Waals surface area contributed by atoms with Crippen LogP contribution < -0.4 is 11.2 Å². The number of nitrogens with two attached hydrogens (primary N) is 1. The van der Waals surface area contributed by atoms with Gasteiger partial charge in [-0.2, -0.15) is 5.10 Å². The Labute approximate surface area is 124 Å². The van der Waals surface area contributed by atoms with Crippen molar-refractivity contribution in [2.45, 2.75) is 20.8 Å². The van der Waals surface area contributed by atoms with Crippen LogP contribution in [0.3, 0.4) is 0 Å². The molecule has 0 aliphatic rings. The first-order chi connectivity index (χ1) is 9.50. The first-order valence-electron chi connectivity index (χ1n) is 6.34. The van der Waals surface area contributed by atoms with Gasteiger partial charge in [0.1, 0.15) is 0 Å². The summed E-state index contributed by atoms with van der Waals surface area (Å²) in [6, 6.07) is 10.4. The molecule has 1 aromatic heterocycles. The minimum atomic E-state index is 0.161. The summed E-state index contributed by atoms with van der Waals surface area (Å²) in [5, 5.41) is 4.18. The second kappa shape index (κ2) is 5.88. The Morgan fingerprint density at radius 3 is 2.65 bits per heavy atom. The first-order valence-corrected chi connectivity index (χ1v) is 6.75. The Hall–Kier alpha value is -2.14. The minimum Gasteiger partial charge on any atom is -0.375 e. The molecule has 104 valence electrons. The molecule has 0 saturated heterocycles. The summed E-state index contributed by atoms with van der Waals surface area (Å²) in [4.78, 5) is 0. The molecule has 0 aliphatic carbocycles. The van der Waals surface area contributed by atoms with Gasteiger partial charge in [0.2, 0.25) is 0 Å². The molecule has 1 aromatic carbocycles. The van der Waals surface area contributed by atoms with E-state index in [9.17, 15) is 0 Å². The summed E-state index contributed by atoms with van der Waals surface area (Å²) in [5.74, 6) is 0. The van der Waals surface area contributed by atoms with Gasteiger partial charge in [-0.05, 0) is 50.7 Å². The Bertz CT molecular complexity index is 671. The van der Waals surface area contributed by atoms with E-state index in [4.69, 9.17) is 18.0 Å². The van der Waals surface area contributed by atoms with Crippen LogP contribution in [-0.4, -0.2) is 15.9 Å². The number of nitrogens with one attached hydrogen (secondary N) is 1. The molecule has 0 amide bonds. The van der Waals surface area contributed by atoms with Gasteiger partial charge in [-0.1, -0.05) is 18.2 Å². The van der Waals surface area contributed by atoms with E-state index in [1.165, 1.54) is 11.3 Å². The molecule has 0 aliphatic heterocycles. The molecular formula is C15H18N4S. The average molecular weight is 286 g/mol. The van der Waals surface area contributed by atoms with Crippen molar-refractivity contribution in [2.75, 3.05) is 0 Å². The van der Waals surface area contributed by atoms with Crippen LogP contribution in [0, 0.1) is 20.8 Å². The zero-order chi connectivity index (χ0) is 14.7. The topological polar surface area (TPSA) is 55.3 Å². The van der Waals surface area contributed by atoms with Crippen LogP contribution in [0.15, 0.2) is 35.4 Å². The SMILES string of the molecule is Cc1ccccc1-n1c(C)cc(/C=N/NC(N)=S)c1C. The molecule has 0 spiro atoms. The molecule has 0 radical (unpaired) electrons. The molecule has 1 heterocycles. The maximum Gasteiger partial charge on any atom is 0.184 e. The summed E-state index contributed by atoms with van der Waals surface area (Å²) in [5.41, 5.74) is 13.7. The van der Waals surface area contributed by atoms with Gasteiger partial charge in [-0.25, -0.2) is 0 Å². The van der Waals surface area contributed by atoms with Gasteiger partial charge in [0.05, 0.1) is 6.21 Å². The number of rotatable bonds is 3. The molecule has 0 saturated carbocycles. The molecule has 0 atom stereocenters. The van der Waals surface area contributed by atoms with Gasteiger partial charge in [0, 0.05) is 22.6 Å². The van der Waals surface area contributed by atoms with Crippen LogP contribution in [0.1, 0.15) is 22.5 Å². The molecule has 5 heteroatoms. The van der Waals surface area contributed by atoms with Crippen LogP contribution in [0.4, 0.5) is 0 Å². The van der Waals surface area contributed by atoms with Crippen molar-refractivity contribution in [1.82, 2.24) is 9.99 Å². The number of aryl methyl sites for hydroxylation is 2. The molecule has 0 unspecified atom stereocenters. The fourth-order valence-corrected chi connectivity index (χ4v) is 2.32. The lowest BCUT2D eigenvalue weighted by Crippen LogP contribution is -2.24. The van der Waals surface area contributed by atoms with Crippen molar-refractivity contribution >= 4 is 23.5 Å². The number of benzene rings is 1. The van der Waals surface area contributed by atoms with Gasteiger partial charge < -0.3 is 10.3 Å². The van der Waals surface area contributed by atoms with Crippen molar-refractivity contribution < 1.29 is 0 Å². The lowest BCUT2D eigenvalue weighted by molar-refractivity contribution is 0.953. The molecule has 20 heavy (non-hydrogen) atoms. The number of hydrogen-bond donors (Lipinski definition) is 2. The van der Waals surface area contributed by atoms with Gasteiger partial charge in [-0.15, -0.1) is 0 Å². The first kappa shape index (κ1) is 14.3. The smallest absolute Gasteiger partial charge is 0.184 e. The van der Waals surface area contributed by atoms with Gasteiger partial charge >= 0.3 is 0 Å². The summed E-state index contributed by atoms with van der Waals surface area (Å²) in [6.45, 7) is 6.26. The molecule has 2 aromatic rings. The number of hydrazone groups is 1. The van der Waals surface area contributed by atoms with E-state index in [-0.39, 0.29) is 5.11 Å². The number of thiocarbonyl (C=S) groups is 1. The van der Waals surface area contributed by atoms with Crippen LogP contribution in [0.5, 0.6) is 0 Å². The highest BCUT2D eigenvalue weighted by molar-refractivity contribution is 7.80. The lowest BCUT2D eigenvalue weighted by atomic mass is 10.2. The molecule has 0 fully saturated rings. The molecule has 2 rings (SSSR count). The van der Waals surface area contributed by atoms with E-state index in [2.05, 4.69) is 54.1 Å². The summed E-state index contributed by atoms with van der Waals surface area (Å²) in [7, 11) is 0. The Kier molecular flexibility index (Phi) is 4.20. The number of hydrogen-bond acceptors (Lipinski definition) is 2. The van der Waals surface area contributed by atoms with E-state index >= 15 is 0 Å². The highest BCUT2D eigenvalue weighted by atomic mass is 32.1. The van der Waals surface area contributed by atoms with Crippen molar-refractivity contribution in [3.8, 4) is 5.69 Å². The summed E-state index contributed by atoms with van der Waals surface area (Å²) in [6.07, 6.45) is 1.73. The molecule has 0 bridgehead atoms. The number of para-hydroxylation sites is 1. The van der Waals surface area contributed by atoms with Crippen LogP contribution >= 0.6 is 12.2 Å². The Balaban J connectivity index is 2.42. The van der Waals surface area contributed by atoms with E-state index in [1.54, 1.807) is 6.21 Å². The molecule has 4 nitrogen and oxygen atoms in total. The third kappa shape index (κ3) is 2.88. The zero-order valence-corrected chi connectivity index (χ0v) is 12.7. The highest BCUT2D eigenvalue weighted by Gasteiger charge is 2.10. The van der Waals surface area contributed by atoms with Crippen LogP contribution in [0.25, 0.3) is 5.69 Å². The number of aromatic nitrogens is 1. The monoisotopic (exact) mass is 286 g/mol. The van der Waals surface area contributed by atoms with Crippen molar-refractivity contribution in [1.29, 1.82) is 0 Å². The minimum absolute atomic E-state index is 0.161. The highest BCUT2D eigenvalue weighted by Crippen LogP contribution is 2.22. The van der Waals surface area contributed by atoms with E-state index in [1.807, 2.05) is 12.1 Å². The third-order valence-corrected chi connectivity index (χ3v) is 3.30. The summed E-state index contributed by atoms with van der Waals surface area (Å²) < 4.78 is 2.22. The average Bonchev–Trinajstić information content (AvgIpc) is 2.65. The zero-order valence-electron chi connectivity index (χ0n) is 11.8. The van der Waals surface area contributed by atoms with Crippen LogP contribution in [0.2, 0.25) is 0 Å². The van der Waals surface area contributed by atoms with E-state index in [0.29, 0.717) is 0 Å². The van der Waals surface area contributed by atoms with Crippen molar-refractivity contribution in [3.05, 3.63) is 52.8 Å². The standard InChI is InChI=1S/C15H18N4S/c1-10-6-4-5-7-14(10)19-11(2)8-13(12(19)3)9-17-18-15(16)20/h4-9H,1-3H3,(H3,16,18,20)/b17-9+. The third-order valence-electron chi connectivity index (χ3n) is 3.21. The predicted octanol–water partition coefficient (Wildman–Crippen LogP) is 2.57. The molecular weight excluding hydrogens is 268 g/mol. The van der Waals surface area contributed by atoms with Crippen molar-refractivity contribution in [3.63, 3.8) is 0 Å². The Morgan fingerprint density at radius 2 is 2.00 bits per heavy atom. The van der Waals surface area contributed by atoms with E-state index in [0.717, 1.165) is 17.0 Å². The van der Waals surface area contributed by atoms with Gasteiger partial charge in [0.15, 0.2) is 5.11 Å². The maximum absolute atomic E-state index is 5.34. The Morgan fingerprint density at radius 1 is 1.30 bits per heavy atom. The maximum atomic E-state index is 5.34. The number of nitrogens with zero attached hydrogens (tertiary/aromatic N) is 2.